The number of piperidine rings is 1. The highest BCUT2D eigenvalue weighted by molar-refractivity contribution is 5.94. The molecule has 0 aliphatic carbocycles. The van der Waals surface area contributed by atoms with E-state index in [1.165, 1.54) is 12.1 Å². The number of nitrogens with one attached hydrogen (secondary N) is 3. The maximum atomic E-state index is 12.4. The van der Waals surface area contributed by atoms with Gasteiger partial charge in [0.1, 0.15) is 0 Å². The van der Waals surface area contributed by atoms with Crippen LogP contribution in [0.15, 0.2) is 42.5 Å². The van der Waals surface area contributed by atoms with Crippen LogP contribution in [0.4, 0.5) is 11.4 Å². The number of non-ortho nitro benzene ring substituents is 1. The fraction of sp³-hybridized carbons (Fsp3) is 0.364. The zero-order chi connectivity index (χ0) is 21.7. The van der Waals surface area contributed by atoms with Gasteiger partial charge in [-0.15, -0.1) is 0 Å². The summed E-state index contributed by atoms with van der Waals surface area (Å²) in [6.07, 6.45) is 1.63. The minimum Gasteiger partial charge on any atom is -0.349 e. The topological polar surface area (TPSA) is 106 Å². The van der Waals surface area contributed by atoms with Crippen LogP contribution in [0.25, 0.3) is 0 Å². The second kappa shape index (κ2) is 9.49. The SMILES string of the molecule is Cc1ccc(C(=O)NC2CC[NH+](CC(=O)Nc3ccc([N+](=O)[O-])cc3C)CC2)cc1. The molecule has 2 amide bonds. The summed E-state index contributed by atoms with van der Waals surface area (Å²) in [4.78, 5) is 36.3. The quantitative estimate of drug-likeness (QED) is 0.496. The third kappa shape index (κ3) is 5.64. The molecule has 158 valence electrons. The van der Waals surface area contributed by atoms with E-state index in [-0.39, 0.29) is 23.5 Å². The summed E-state index contributed by atoms with van der Waals surface area (Å²) < 4.78 is 0. The van der Waals surface area contributed by atoms with Gasteiger partial charge >= 0.3 is 0 Å². The van der Waals surface area contributed by atoms with Crippen molar-refractivity contribution in [2.45, 2.75) is 32.7 Å². The Morgan fingerprint density at radius 1 is 1.10 bits per heavy atom. The Morgan fingerprint density at radius 3 is 2.37 bits per heavy atom. The second-order valence-electron chi connectivity index (χ2n) is 7.85. The molecule has 1 heterocycles. The van der Waals surface area contributed by atoms with Crippen molar-refractivity contribution in [1.29, 1.82) is 0 Å². The third-order valence-corrected chi connectivity index (χ3v) is 5.45. The van der Waals surface area contributed by atoms with Crippen molar-refractivity contribution in [3.05, 3.63) is 69.3 Å². The first-order chi connectivity index (χ1) is 14.3. The number of hydrogen-bond donors (Lipinski definition) is 3. The van der Waals surface area contributed by atoms with E-state index in [4.69, 9.17) is 0 Å². The molecule has 1 aliphatic rings. The fourth-order valence-electron chi connectivity index (χ4n) is 3.64. The summed E-state index contributed by atoms with van der Waals surface area (Å²) in [5, 5.41) is 16.7. The Morgan fingerprint density at radius 2 is 1.77 bits per heavy atom. The molecule has 1 fully saturated rings. The molecule has 30 heavy (non-hydrogen) atoms. The van der Waals surface area contributed by atoms with Crippen molar-refractivity contribution in [3.63, 3.8) is 0 Å². The lowest BCUT2D eigenvalue weighted by Crippen LogP contribution is -3.14. The Labute approximate surface area is 175 Å². The maximum absolute atomic E-state index is 12.4. The number of aryl methyl sites for hydroxylation is 2. The fourth-order valence-corrected chi connectivity index (χ4v) is 3.64. The number of carbonyl (C=O) groups excluding carboxylic acids is 2. The second-order valence-corrected chi connectivity index (χ2v) is 7.85. The van der Waals surface area contributed by atoms with E-state index in [0.29, 0.717) is 23.4 Å². The number of benzene rings is 2. The number of likely N-dealkylation sites (tertiary alicyclic amines) is 1. The van der Waals surface area contributed by atoms with Crippen LogP contribution in [0.1, 0.15) is 34.3 Å². The van der Waals surface area contributed by atoms with Crippen LogP contribution in [0, 0.1) is 24.0 Å². The van der Waals surface area contributed by atoms with Crippen LogP contribution in [-0.4, -0.2) is 42.4 Å². The van der Waals surface area contributed by atoms with Gasteiger partial charge in [-0.05, 0) is 37.6 Å². The molecular formula is C22H27N4O4+. The van der Waals surface area contributed by atoms with Crippen LogP contribution in [0.3, 0.4) is 0 Å². The minimum atomic E-state index is -0.454. The molecule has 0 aromatic heterocycles. The first-order valence-corrected chi connectivity index (χ1v) is 10.1. The number of rotatable bonds is 6. The Hall–Kier alpha value is -3.26. The summed E-state index contributed by atoms with van der Waals surface area (Å²) in [6, 6.07) is 12.0. The molecule has 0 saturated carbocycles. The van der Waals surface area contributed by atoms with Gasteiger partial charge in [-0.2, -0.15) is 0 Å². The average molecular weight is 411 g/mol. The van der Waals surface area contributed by atoms with Crippen molar-refractivity contribution in [1.82, 2.24) is 5.32 Å². The number of hydrogen-bond acceptors (Lipinski definition) is 4. The van der Waals surface area contributed by atoms with Gasteiger partial charge in [0, 0.05) is 42.3 Å². The standard InChI is InChI=1S/C22H26N4O4/c1-15-3-5-17(6-4-15)22(28)23-18-9-11-25(12-10-18)14-21(27)24-20-8-7-19(26(29)30)13-16(20)2/h3-8,13,18H,9-12,14H2,1-2H3,(H,23,28)(H,24,27)/p+1. The number of anilines is 1. The molecule has 0 atom stereocenters. The first-order valence-electron chi connectivity index (χ1n) is 10.1. The Balaban J connectivity index is 1.45. The highest BCUT2D eigenvalue weighted by Crippen LogP contribution is 2.20. The molecule has 1 saturated heterocycles. The molecule has 2 aromatic rings. The lowest BCUT2D eigenvalue weighted by molar-refractivity contribution is -0.897. The number of carbonyl (C=O) groups is 2. The lowest BCUT2D eigenvalue weighted by atomic mass is 10.0. The van der Waals surface area contributed by atoms with Crippen molar-refractivity contribution >= 4 is 23.2 Å². The summed E-state index contributed by atoms with van der Waals surface area (Å²) in [6.45, 7) is 5.64. The largest absolute Gasteiger partial charge is 0.349 e. The number of nitro benzene ring substituents is 1. The Bertz CT molecular complexity index is 935. The van der Waals surface area contributed by atoms with Gasteiger partial charge in [0.15, 0.2) is 6.54 Å². The van der Waals surface area contributed by atoms with Gasteiger partial charge in [0.25, 0.3) is 17.5 Å². The summed E-state index contributed by atoms with van der Waals surface area (Å²) in [7, 11) is 0. The molecule has 3 rings (SSSR count). The molecule has 8 heteroatoms. The Kier molecular flexibility index (Phi) is 6.79. The van der Waals surface area contributed by atoms with E-state index < -0.39 is 4.92 Å². The number of nitro groups is 1. The predicted octanol–water partition coefficient (Wildman–Crippen LogP) is 1.63. The van der Waals surface area contributed by atoms with Crippen LogP contribution in [0.5, 0.6) is 0 Å². The lowest BCUT2D eigenvalue weighted by Gasteiger charge is -2.29. The van der Waals surface area contributed by atoms with Crippen molar-refractivity contribution in [2.75, 3.05) is 25.0 Å². The van der Waals surface area contributed by atoms with Gasteiger partial charge in [-0.3, -0.25) is 19.7 Å². The van der Waals surface area contributed by atoms with Crippen LogP contribution in [-0.2, 0) is 4.79 Å². The zero-order valence-corrected chi connectivity index (χ0v) is 17.2. The van der Waals surface area contributed by atoms with Gasteiger partial charge in [-0.1, -0.05) is 17.7 Å². The molecule has 1 aliphatic heterocycles. The van der Waals surface area contributed by atoms with E-state index in [2.05, 4.69) is 10.6 Å². The van der Waals surface area contributed by atoms with E-state index in [9.17, 15) is 19.7 Å². The van der Waals surface area contributed by atoms with Gasteiger partial charge in [0.05, 0.1) is 18.0 Å². The average Bonchev–Trinajstić information content (AvgIpc) is 2.71. The number of quaternary nitrogens is 1. The molecule has 0 bridgehead atoms. The van der Waals surface area contributed by atoms with E-state index in [1.807, 2.05) is 31.2 Å². The highest BCUT2D eigenvalue weighted by atomic mass is 16.6. The molecule has 0 radical (unpaired) electrons. The van der Waals surface area contributed by atoms with E-state index in [0.717, 1.165) is 36.4 Å². The number of nitrogens with zero attached hydrogens (tertiary/aromatic N) is 1. The minimum absolute atomic E-state index is 0.00545. The van der Waals surface area contributed by atoms with Crippen molar-refractivity contribution in [3.8, 4) is 0 Å². The molecule has 0 spiro atoms. The van der Waals surface area contributed by atoms with Gasteiger partial charge in [-0.25, -0.2) is 0 Å². The molecule has 8 nitrogen and oxygen atoms in total. The van der Waals surface area contributed by atoms with Crippen LogP contribution < -0.4 is 15.5 Å². The van der Waals surface area contributed by atoms with E-state index >= 15 is 0 Å². The summed E-state index contributed by atoms with van der Waals surface area (Å²) in [5.41, 5.74) is 3.03. The van der Waals surface area contributed by atoms with Crippen LogP contribution >= 0.6 is 0 Å². The molecule has 3 N–H and O–H groups in total. The molecule has 0 unspecified atom stereocenters. The van der Waals surface area contributed by atoms with Crippen molar-refractivity contribution in [2.24, 2.45) is 0 Å². The molecular weight excluding hydrogens is 384 g/mol. The number of amides is 2. The normalized spacial score (nSPS) is 18.5. The summed E-state index contributed by atoms with van der Waals surface area (Å²) >= 11 is 0. The smallest absolute Gasteiger partial charge is 0.279 e. The monoisotopic (exact) mass is 411 g/mol. The van der Waals surface area contributed by atoms with Crippen molar-refractivity contribution < 1.29 is 19.4 Å². The van der Waals surface area contributed by atoms with Gasteiger partial charge < -0.3 is 15.5 Å². The zero-order valence-electron chi connectivity index (χ0n) is 17.2. The summed E-state index contributed by atoms with van der Waals surface area (Å²) in [5.74, 6) is -0.182. The molecule has 2 aromatic carbocycles. The maximum Gasteiger partial charge on any atom is 0.279 e. The van der Waals surface area contributed by atoms with Crippen LogP contribution in [0.2, 0.25) is 0 Å². The van der Waals surface area contributed by atoms with E-state index in [1.54, 1.807) is 13.0 Å². The third-order valence-electron chi connectivity index (χ3n) is 5.45. The predicted molar refractivity (Wildman–Crippen MR) is 114 cm³/mol. The van der Waals surface area contributed by atoms with Gasteiger partial charge in [0.2, 0.25) is 0 Å². The first kappa shape index (κ1) is 21.4. The highest BCUT2D eigenvalue weighted by Gasteiger charge is 2.25.